The summed E-state index contributed by atoms with van der Waals surface area (Å²) in [7, 11) is 0. The van der Waals surface area contributed by atoms with E-state index in [9.17, 15) is 0 Å². The first-order valence-electron chi connectivity index (χ1n) is 3.62. The van der Waals surface area contributed by atoms with Crippen LogP contribution in [0.3, 0.4) is 0 Å². The van der Waals surface area contributed by atoms with Gasteiger partial charge in [-0.1, -0.05) is 0 Å². The zero-order valence-electron chi connectivity index (χ0n) is 6.34. The Kier molecular flexibility index (Phi) is 4.18. The molecule has 0 N–H and O–H groups in total. The maximum absolute atomic E-state index is 5.34. The molecule has 60 valence electrons. The molecule has 0 aromatic carbocycles. The topological polar surface area (TPSA) is 18.5 Å². The van der Waals surface area contributed by atoms with Gasteiger partial charge in [0.25, 0.3) is 0 Å². The third kappa shape index (κ3) is 2.90. The van der Waals surface area contributed by atoms with Gasteiger partial charge in [-0.3, -0.25) is 0 Å². The summed E-state index contributed by atoms with van der Waals surface area (Å²) < 4.78 is 10.4. The van der Waals surface area contributed by atoms with E-state index in [2.05, 4.69) is 6.26 Å². The molecule has 1 aliphatic rings. The van der Waals surface area contributed by atoms with Crippen molar-refractivity contribution in [2.75, 3.05) is 25.4 Å². The van der Waals surface area contributed by atoms with E-state index in [1.54, 1.807) is 0 Å². The second-order valence-electron chi connectivity index (χ2n) is 2.38. The van der Waals surface area contributed by atoms with Gasteiger partial charge in [0, 0.05) is 0 Å². The predicted molar refractivity (Wildman–Crippen MR) is 43.3 cm³/mol. The van der Waals surface area contributed by atoms with E-state index in [-0.39, 0.29) is 0 Å². The minimum absolute atomic E-state index is 0.459. The Hall–Kier alpha value is 0.270. The van der Waals surface area contributed by atoms with Crippen molar-refractivity contribution in [2.24, 2.45) is 0 Å². The van der Waals surface area contributed by atoms with Gasteiger partial charge < -0.3 is 9.47 Å². The minimum Gasteiger partial charge on any atom is -0.355 e. The Morgan fingerprint density at radius 1 is 1.60 bits per heavy atom. The first kappa shape index (κ1) is 8.37. The minimum atomic E-state index is 0.459. The molecule has 1 heterocycles. The van der Waals surface area contributed by atoms with Crippen molar-refractivity contribution < 1.29 is 9.47 Å². The average Bonchev–Trinajstić information content (AvgIpc) is 2.03. The Morgan fingerprint density at radius 3 is 3.10 bits per heavy atom. The molecule has 0 bridgehead atoms. The molecule has 0 aromatic heterocycles. The van der Waals surface area contributed by atoms with E-state index < -0.39 is 0 Å². The van der Waals surface area contributed by atoms with Crippen molar-refractivity contribution in [2.45, 2.75) is 18.9 Å². The van der Waals surface area contributed by atoms with Gasteiger partial charge in [-0.15, -0.1) is 0 Å². The molecule has 1 fully saturated rings. The van der Waals surface area contributed by atoms with E-state index in [1.807, 2.05) is 11.8 Å². The lowest BCUT2D eigenvalue weighted by Gasteiger charge is -2.22. The molecule has 2 nitrogen and oxygen atoms in total. The van der Waals surface area contributed by atoms with Crippen LogP contribution in [0.2, 0.25) is 0 Å². The Bertz CT molecular complexity index is 81.7. The van der Waals surface area contributed by atoms with Gasteiger partial charge in [-0.25, -0.2) is 0 Å². The maximum Gasteiger partial charge on any atom is 0.147 e. The van der Waals surface area contributed by atoms with Crippen molar-refractivity contribution >= 4 is 11.8 Å². The van der Waals surface area contributed by atoms with Crippen molar-refractivity contribution in [1.29, 1.82) is 0 Å². The number of ether oxygens (including phenoxy) is 2. The first-order valence-corrected chi connectivity index (χ1v) is 5.01. The van der Waals surface area contributed by atoms with E-state index >= 15 is 0 Å². The zero-order chi connectivity index (χ0) is 7.23. The van der Waals surface area contributed by atoms with E-state index in [0.717, 1.165) is 13.0 Å². The molecule has 1 unspecified atom stereocenters. The number of hydrogen-bond acceptors (Lipinski definition) is 3. The molecule has 1 saturated heterocycles. The van der Waals surface area contributed by atoms with Crippen LogP contribution in [-0.2, 0) is 9.47 Å². The number of rotatable bonds is 3. The molecule has 0 aromatic rings. The molecule has 0 spiro atoms. The maximum atomic E-state index is 5.34. The lowest BCUT2D eigenvalue weighted by molar-refractivity contribution is -0.138. The molecule has 0 radical (unpaired) electrons. The van der Waals surface area contributed by atoms with Crippen LogP contribution >= 0.6 is 11.8 Å². The fourth-order valence-electron chi connectivity index (χ4n) is 0.978. The van der Waals surface area contributed by atoms with Crippen LogP contribution in [0.4, 0.5) is 0 Å². The third-order valence-electron chi connectivity index (χ3n) is 1.62. The molecule has 0 aliphatic carbocycles. The van der Waals surface area contributed by atoms with E-state index in [4.69, 9.17) is 9.47 Å². The summed E-state index contributed by atoms with van der Waals surface area (Å²) in [5.41, 5.74) is 0. The predicted octanol–water partition coefficient (Wildman–Crippen LogP) is 1.50. The average molecular weight is 162 g/mol. The molecule has 1 rings (SSSR count). The van der Waals surface area contributed by atoms with E-state index in [1.165, 1.54) is 12.2 Å². The van der Waals surface area contributed by atoms with Gasteiger partial charge in [-0.05, 0) is 24.9 Å². The smallest absolute Gasteiger partial charge is 0.147 e. The lowest BCUT2D eigenvalue weighted by atomic mass is 10.2. The molecule has 1 aliphatic heterocycles. The number of hydrogen-bond donors (Lipinski definition) is 0. The molecular weight excluding hydrogens is 148 g/mol. The molecule has 3 heteroatoms. The Balaban J connectivity index is 2.02. The molecule has 0 saturated carbocycles. The fourth-order valence-corrected chi connectivity index (χ4v) is 1.48. The highest BCUT2D eigenvalue weighted by molar-refractivity contribution is 7.98. The van der Waals surface area contributed by atoms with Crippen molar-refractivity contribution in [3.05, 3.63) is 0 Å². The van der Waals surface area contributed by atoms with Crippen LogP contribution in [0.25, 0.3) is 0 Å². The molecule has 0 amide bonds. The summed E-state index contributed by atoms with van der Waals surface area (Å²) in [6.07, 6.45) is 4.82. The Labute approximate surface area is 66.3 Å². The second kappa shape index (κ2) is 4.99. The summed E-state index contributed by atoms with van der Waals surface area (Å²) >= 11 is 1.87. The van der Waals surface area contributed by atoms with Gasteiger partial charge >= 0.3 is 0 Å². The zero-order valence-corrected chi connectivity index (χ0v) is 7.15. The highest BCUT2D eigenvalue weighted by atomic mass is 32.2. The van der Waals surface area contributed by atoms with Crippen molar-refractivity contribution in [3.63, 3.8) is 0 Å². The SMILES string of the molecule is CSCCC1CCOCO1. The third-order valence-corrected chi connectivity index (χ3v) is 2.26. The van der Waals surface area contributed by atoms with Crippen molar-refractivity contribution in [1.82, 2.24) is 0 Å². The van der Waals surface area contributed by atoms with Crippen LogP contribution in [0.5, 0.6) is 0 Å². The van der Waals surface area contributed by atoms with Crippen LogP contribution in [0, 0.1) is 0 Å². The van der Waals surface area contributed by atoms with Gasteiger partial charge in [0.15, 0.2) is 0 Å². The van der Waals surface area contributed by atoms with Gasteiger partial charge in [0.05, 0.1) is 12.7 Å². The van der Waals surface area contributed by atoms with E-state index in [0.29, 0.717) is 12.9 Å². The van der Waals surface area contributed by atoms with Crippen LogP contribution in [-0.4, -0.2) is 31.5 Å². The number of thioether (sulfide) groups is 1. The van der Waals surface area contributed by atoms with Crippen LogP contribution < -0.4 is 0 Å². The summed E-state index contributed by atoms with van der Waals surface area (Å²) in [5, 5.41) is 0. The second-order valence-corrected chi connectivity index (χ2v) is 3.37. The van der Waals surface area contributed by atoms with Gasteiger partial charge in [0.1, 0.15) is 6.79 Å². The lowest BCUT2D eigenvalue weighted by Crippen LogP contribution is -2.24. The molecule has 1 atom stereocenters. The summed E-state index contributed by atoms with van der Waals surface area (Å²) in [6, 6.07) is 0. The first-order chi connectivity index (χ1) is 4.93. The Morgan fingerprint density at radius 2 is 2.50 bits per heavy atom. The highest BCUT2D eigenvalue weighted by Crippen LogP contribution is 2.11. The van der Waals surface area contributed by atoms with Crippen molar-refractivity contribution in [3.8, 4) is 0 Å². The molecular formula is C7H14O2S. The normalized spacial score (nSPS) is 26.7. The molecule has 10 heavy (non-hydrogen) atoms. The fraction of sp³-hybridized carbons (Fsp3) is 1.00. The largest absolute Gasteiger partial charge is 0.355 e. The van der Waals surface area contributed by atoms with Crippen LogP contribution in [0.1, 0.15) is 12.8 Å². The monoisotopic (exact) mass is 162 g/mol. The van der Waals surface area contributed by atoms with Gasteiger partial charge in [-0.2, -0.15) is 11.8 Å². The standard InChI is InChI=1S/C7H14O2S/c1-10-5-3-7-2-4-8-6-9-7/h7H,2-6H2,1H3. The summed E-state index contributed by atoms with van der Waals surface area (Å²) in [6.45, 7) is 1.37. The van der Waals surface area contributed by atoms with Crippen LogP contribution in [0.15, 0.2) is 0 Å². The summed E-state index contributed by atoms with van der Waals surface area (Å²) in [5.74, 6) is 1.20. The summed E-state index contributed by atoms with van der Waals surface area (Å²) in [4.78, 5) is 0. The quantitative estimate of drug-likeness (QED) is 0.626. The highest BCUT2D eigenvalue weighted by Gasteiger charge is 2.12. The van der Waals surface area contributed by atoms with Gasteiger partial charge in [0.2, 0.25) is 0 Å².